The van der Waals surface area contributed by atoms with Crippen molar-refractivity contribution in [3.8, 4) is 0 Å². The molecule has 1 N–H and O–H groups in total. The van der Waals surface area contributed by atoms with Crippen LogP contribution >= 0.6 is 10.7 Å². The molecule has 0 fully saturated rings. The maximum Gasteiger partial charge on any atom is 0.417 e. The highest BCUT2D eigenvalue weighted by Gasteiger charge is 2.39. The number of alkyl halides is 3. The van der Waals surface area contributed by atoms with E-state index in [4.69, 9.17) is 10.7 Å². The first-order valence-corrected chi connectivity index (χ1v) is 6.88. The predicted molar refractivity (Wildman–Crippen MR) is 55.7 cm³/mol. The molecule has 0 atom stereocenters. The first kappa shape index (κ1) is 13.2. The minimum absolute atomic E-state index is 0.0696. The molecule has 1 heterocycles. The standard InChI is InChI=1S/C9H5ClF3NO3S/c10-18(16,17)7-2-5-4(3-14-8(5)15)1-6(7)9(11,12)13/h1-2H,3H2,(H,14,15). The molecular formula is C9H5ClF3NO3S. The monoisotopic (exact) mass is 299 g/mol. The molecule has 0 unspecified atom stereocenters. The van der Waals surface area contributed by atoms with E-state index in [1.807, 2.05) is 0 Å². The van der Waals surface area contributed by atoms with E-state index in [1.54, 1.807) is 0 Å². The number of nitrogens with one attached hydrogen (secondary N) is 1. The van der Waals surface area contributed by atoms with Crippen molar-refractivity contribution in [3.63, 3.8) is 0 Å². The summed E-state index contributed by atoms with van der Waals surface area (Å²) in [5, 5.41) is 2.30. The molecule has 0 aromatic heterocycles. The van der Waals surface area contributed by atoms with Crippen LogP contribution in [-0.2, 0) is 21.8 Å². The molecule has 4 nitrogen and oxygen atoms in total. The summed E-state index contributed by atoms with van der Waals surface area (Å²) in [4.78, 5) is 10.2. The van der Waals surface area contributed by atoms with Crippen LogP contribution in [0.4, 0.5) is 13.2 Å². The van der Waals surface area contributed by atoms with Crippen molar-refractivity contribution in [2.75, 3.05) is 0 Å². The Morgan fingerprint density at radius 3 is 2.39 bits per heavy atom. The molecule has 0 saturated carbocycles. The second-order valence-corrected chi connectivity index (χ2v) is 6.16. The molecule has 0 spiro atoms. The van der Waals surface area contributed by atoms with Crippen molar-refractivity contribution in [1.29, 1.82) is 0 Å². The van der Waals surface area contributed by atoms with E-state index in [2.05, 4.69) is 5.32 Å². The second-order valence-electron chi connectivity index (χ2n) is 3.62. The van der Waals surface area contributed by atoms with E-state index in [0.29, 0.717) is 12.1 Å². The lowest BCUT2D eigenvalue weighted by Crippen LogP contribution is -2.13. The molecule has 0 aliphatic carbocycles. The van der Waals surface area contributed by atoms with Crippen LogP contribution in [0.25, 0.3) is 0 Å². The third-order valence-corrected chi connectivity index (χ3v) is 3.82. The fourth-order valence-electron chi connectivity index (χ4n) is 1.68. The largest absolute Gasteiger partial charge is 0.417 e. The van der Waals surface area contributed by atoms with Crippen LogP contribution < -0.4 is 5.32 Å². The molecule has 9 heteroatoms. The molecule has 2 rings (SSSR count). The van der Waals surface area contributed by atoms with E-state index >= 15 is 0 Å². The number of carbonyl (C=O) groups is 1. The molecule has 0 bridgehead atoms. The maximum atomic E-state index is 12.7. The summed E-state index contributed by atoms with van der Waals surface area (Å²) in [6, 6.07) is 1.28. The molecule has 18 heavy (non-hydrogen) atoms. The molecule has 1 aromatic carbocycles. The Bertz CT molecular complexity index is 639. The van der Waals surface area contributed by atoms with Gasteiger partial charge in [-0.2, -0.15) is 13.2 Å². The average Bonchev–Trinajstić information content (AvgIpc) is 2.56. The van der Waals surface area contributed by atoms with Crippen LogP contribution in [0.2, 0.25) is 0 Å². The third-order valence-electron chi connectivity index (χ3n) is 2.46. The normalized spacial score (nSPS) is 15.4. The zero-order valence-electron chi connectivity index (χ0n) is 8.51. The smallest absolute Gasteiger partial charge is 0.348 e. The van der Waals surface area contributed by atoms with Crippen LogP contribution in [0, 0.1) is 0 Å². The minimum Gasteiger partial charge on any atom is -0.348 e. The van der Waals surface area contributed by atoms with Crippen molar-refractivity contribution in [2.24, 2.45) is 0 Å². The minimum atomic E-state index is -4.86. The molecule has 1 aromatic rings. The Hall–Kier alpha value is -1.28. The van der Waals surface area contributed by atoms with Crippen molar-refractivity contribution >= 4 is 25.6 Å². The number of benzene rings is 1. The highest BCUT2D eigenvalue weighted by atomic mass is 35.7. The SMILES string of the molecule is O=C1NCc2cc(C(F)(F)F)c(S(=O)(=O)Cl)cc21. The zero-order valence-corrected chi connectivity index (χ0v) is 10.1. The number of rotatable bonds is 1. The first-order valence-electron chi connectivity index (χ1n) is 4.57. The molecule has 1 aliphatic heterocycles. The Balaban J connectivity index is 2.79. The Labute approximate surface area is 104 Å². The highest BCUT2D eigenvalue weighted by Crippen LogP contribution is 2.38. The summed E-state index contributed by atoms with van der Waals surface area (Å²) >= 11 is 0. The van der Waals surface area contributed by atoms with Crippen LogP contribution in [0.3, 0.4) is 0 Å². The molecule has 98 valence electrons. The van der Waals surface area contributed by atoms with E-state index in [-0.39, 0.29) is 17.7 Å². The summed E-state index contributed by atoms with van der Waals surface area (Å²) < 4.78 is 60.4. The molecular weight excluding hydrogens is 295 g/mol. The van der Waals surface area contributed by atoms with Crippen LogP contribution in [0.5, 0.6) is 0 Å². The summed E-state index contributed by atoms with van der Waals surface area (Å²) in [5.74, 6) is -0.625. The number of carbonyl (C=O) groups excluding carboxylic acids is 1. The first-order chi connectivity index (χ1) is 8.10. The predicted octanol–water partition coefficient (Wildman–Crippen LogP) is 1.88. The summed E-state index contributed by atoms with van der Waals surface area (Å²) in [5.41, 5.74) is -1.38. The van der Waals surface area contributed by atoms with Gasteiger partial charge in [0.25, 0.3) is 15.0 Å². The van der Waals surface area contributed by atoms with Gasteiger partial charge in [-0.3, -0.25) is 4.79 Å². The lowest BCUT2D eigenvalue weighted by Gasteiger charge is -2.12. The third kappa shape index (κ3) is 2.17. The number of fused-ring (bicyclic) bond motifs is 1. The fraction of sp³-hybridized carbons (Fsp3) is 0.222. The van der Waals surface area contributed by atoms with Gasteiger partial charge < -0.3 is 5.32 Å². The number of hydrogen-bond acceptors (Lipinski definition) is 3. The molecule has 0 radical (unpaired) electrons. The van der Waals surface area contributed by atoms with Crippen LogP contribution in [0.15, 0.2) is 17.0 Å². The van der Waals surface area contributed by atoms with Gasteiger partial charge in [-0.25, -0.2) is 8.42 Å². The van der Waals surface area contributed by atoms with Gasteiger partial charge in [-0.05, 0) is 17.7 Å². The Morgan fingerprint density at radius 1 is 1.28 bits per heavy atom. The maximum absolute atomic E-state index is 12.7. The lowest BCUT2D eigenvalue weighted by molar-refractivity contribution is -0.139. The van der Waals surface area contributed by atoms with Crippen molar-refractivity contribution in [2.45, 2.75) is 17.6 Å². The zero-order chi connectivity index (χ0) is 13.7. The summed E-state index contributed by atoms with van der Waals surface area (Å²) in [6.07, 6.45) is -4.86. The van der Waals surface area contributed by atoms with Crippen LogP contribution in [0.1, 0.15) is 21.5 Å². The number of amides is 1. The van der Waals surface area contributed by atoms with Crippen molar-refractivity contribution in [1.82, 2.24) is 5.32 Å². The molecule has 0 saturated heterocycles. The molecule has 1 aliphatic rings. The summed E-state index contributed by atoms with van der Waals surface area (Å²) in [7, 11) is 0.370. The fourth-order valence-corrected chi connectivity index (χ4v) is 2.76. The van der Waals surface area contributed by atoms with E-state index in [0.717, 1.165) is 0 Å². The topological polar surface area (TPSA) is 63.2 Å². The summed E-state index contributed by atoms with van der Waals surface area (Å²) in [6.45, 7) is -0.0696. The van der Waals surface area contributed by atoms with Crippen molar-refractivity contribution in [3.05, 3.63) is 28.8 Å². The van der Waals surface area contributed by atoms with E-state index in [1.165, 1.54) is 0 Å². The van der Waals surface area contributed by atoms with Gasteiger partial charge in [0, 0.05) is 22.8 Å². The van der Waals surface area contributed by atoms with Crippen molar-refractivity contribution < 1.29 is 26.4 Å². The van der Waals surface area contributed by atoms with Gasteiger partial charge in [-0.15, -0.1) is 0 Å². The van der Waals surface area contributed by atoms with Crippen LogP contribution in [-0.4, -0.2) is 14.3 Å². The van der Waals surface area contributed by atoms with Gasteiger partial charge in [-0.1, -0.05) is 0 Å². The van der Waals surface area contributed by atoms with E-state index in [9.17, 15) is 26.4 Å². The van der Waals surface area contributed by atoms with Gasteiger partial charge in [0.2, 0.25) is 0 Å². The number of hydrogen-bond donors (Lipinski definition) is 1. The Morgan fingerprint density at radius 2 is 1.89 bits per heavy atom. The Kier molecular flexibility index (Phi) is 2.82. The van der Waals surface area contributed by atoms with Gasteiger partial charge in [0.05, 0.1) is 10.5 Å². The second kappa shape index (κ2) is 3.86. The van der Waals surface area contributed by atoms with Gasteiger partial charge >= 0.3 is 6.18 Å². The van der Waals surface area contributed by atoms with Gasteiger partial charge in [0.1, 0.15) is 0 Å². The number of halogens is 4. The van der Waals surface area contributed by atoms with E-state index < -0.39 is 31.6 Å². The molecule has 1 amide bonds. The lowest BCUT2D eigenvalue weighted by atomic mass is 10.1. The highest BCUT2D eigenvalue weighted by molar-refractivity contribution is 8.13. The average molecular weight is 300 g/mol. The quantitative estimate of drug-likeness (QED) is 0.805. The van der Waals surface area contributed by atoms with Gasteiger partial charge in [0.15, 0.2) is 0 Å².